The number of nitriles is 1. The summed E-state index contributed by atoms with van der Waals surface area (Å²) in [4.78, 5) is 26.6. The molecule has 0 aliphatic carbocycles. The molecular weight excluding hydrogens is 400 g/mol. The fourth-order valence-electron chi connectivity index (χ4n) is 3.98. The van der Waals surface area contributed by atoms with Gasteiger partial charge < -0.3 is 10.7 Å². The first-order valence-electron chi connectivity index (χ1n) is 10.7. The van der Waals surface area contributed by atoms with Gasteiger partial charge in [0.25, 0.3) is 5.91 Å². The average Bonchev–Trinajstić information content (AvgIpc) is 2.81. The summed E-state index contributed by atoms with van der Waals surface area (Å²) in [5.41, 5.74) is 3.34. The summed E-state index contributed by atoms with van der Waals surface area (Å²) in [7, 11) is 0. The number of carbonyl (C=O) groups excluding carboxylic acids is 1. The molecule has 2 aliphatic heterocycles. The molecule has 2 unspecified atom stereocenters. The number of rotatable bonds is 3. The van der Waals surface area contributed by atoms with Crippen molar-refractivity contribution in [2.24, 2.45) is 15.9 Å². The molecule has 3 heterocycles. The SMILES string of the molecule is CCC1Cc2ccccc2N=C1NC(=O)C1=NC(c2ccncc2C#N)/C=C\CCC1=N. The molecule has 2 N–H and O–H groups in total. The molecule has 160 valence electrons. The number of aliphatic imine (C=N–C) groups is 2. The van der Waals surface area contributed by atoms with E-state index in [0.717, 1.165) is 18.5 Å². The summed E-state index contributed by atoms with van der Waals surface area (Å²) in [6.45, 7) is 2.07. The standard InChI is InChI=1S/C25H24N6O/c1-2-16-13-17-7-3-5-9-21(17)30-24(16)31-25(32)23-20(27)8-4-6-10-22(29-23)19-11-12-28-15-18(19)14-26/h3,5-7,9-12,15-16,22,27H,2,4,8,13H2,1H3,(H,30,31,32)/b10-6-,27-20?,29-23?. The van der Waals surface area contributed by atoms with Gasteiger partial charge in [0.2, 0.25) is 0 Å². The van der Waals surface area contributed by atoms with E-state index in [1.807, 2.05) is 30.4 Å². The van der Waals surface area contributed by atoms with Gasteiger partial charge in [-0.3, -0.25) is 14.8 Å². The summed E-state index contributed by atoms with van der Waals surface area (Å²) in [6.07, 6.45) is 9.60. The Labute approximate surface area is 187 Å². The third-order valence-electron chi connectivity index (χ3n) is 5.76. The molecule has 0 spiro atoms. The molecule has 0 saturated carbocycles. The van der Waals surface area contributed by atoms with Crippen LogP contribution in [0.5, 0.6) is 0 Å². The van der Waals surface area contributed by atoms with Gasteiger partial charge in [0.1, 0.15) is 17.6 Å². The van der Waals surface area contributed by atoms with Gasteiger partial charge in [0.15, 0.2) is 0 Å². The summed E-state index contributed by atoms with van der Waals surface area (Å²) in [5, 5.41) is 20.9. The highest BCUT2D eigenvalue weighted by atomic mass is 16.2. The molecule has 1 amide bonds. The van der Waals surface area contributed by atoms with Crippen molar-refractivity contribution < 1.29 is 4.79 Å². The van der Waals surface area contributed by atoms with E-state index < -0.39 is 11.9 Å². The molecule has 4 rings (SSSR count). The van der Waals surface area contributed by atoms with Crippen LogP contribution in [-0.2, 0) is 11.2 Å². The number of allylic oxidation sites excluding steroid dienone is 1. The summed E-state index contributed by atoms with van der Waals surface area (Å²) >= 11 is 0. The van der Waals surface area contributed by atoms with E-state index in [4.69, 9.17) is 10.4 Å². The van der Waals surface area contributed by atoms with Crippen LogP contribution in [0, 0.1) is 22.7 Å². The lowest BCUT2D eigenvalue weighted by atomic mass is 9.91. The highest BCUT2D eigenvalue weighted by Crippen LogP contribution is 2.29. The van der Waals surface area contributed by atoms with Crippen molar-refractivity contribution in [2.45, 2.75) is 38.6 Å². The van der Waals surface area contributed by atoms with Gasteiger partial charge in [-0.15, -0.1) is 0 Å². The van der Waals surface area contributed by atoms with Gasteiger partial charge in [-0.2, -0.15) is 5.26 Å². The Kier molecular flexibility index (Phi) is 6.31. The Hall–Kier alpha value is -3.92. The lowest BCUT2D eigenvalue weighted by molar-refractivity contribution is -0.113. The average molecular weight is 425 g/mol. The number of nitrogens with zero attached hydrogens (tertiary/aromatic N) is 4. The Morgan fingerprint density at radius 1 is 1.31 bits per heavy atom. The zero-order chi connectivity index (χ0) is 22.5. The molecule has 7 nitrogen and oxygen atoms in total. The third kappa shape index (κ3) is 4.40. The monoisotopic (exact) mass is 424 g/mol. The quantitative estimate of drug-likeness (QED) is 0.718. The van der Waals surface area contributed by atoms with Crippen molar-refractivity contribution in [1.29, 1.82) is 10.7 Å². The Balaban J connectivity index is 1.67. The summed E-state index contributed by atoms with van der Waals surface area (Å²) in [6, 6.07) is 11.3. The number of amides is 1. The molecule has 2 atom stereocenters. The van der Waals surface area contributed by atoms with Crippen LogP contribution >= 0.6 is 0 Å². The topological polar surface area (TPSA) is 114 Å². The van der Waals surface area contributed by atoms with Gasteiger partial charge in [-0.1, -0.05) is 37.3 Å². The molecule has 32 heavy (non-hydrogen) atoms. The van der Waals surface area contributed by atoms with Crippen LogP contribution in [0.4, 0.5) is 5.69 Å². The van der Waals surface area contributed by atoms with E-state index in [0.29, 0.717) is 29.8 Å². The summed E-state index contributed by atoms with van der Waals surface area (Å²) < 4.78 is 0. The highest BCUT2D eigenvalue weighted by molar-refractivity contribution is 6.67. The lowest BCUT2D eigenvalue weighted by Gasteiger charge is -2.25. The van der Waals surface area contributed by atoms with Crippen LogP contribution in [0.25, 0.3) is 0 Å². The molecule has 0 saturated heterocycles. The smallest absolute Gasteiger partial charge is 0.276 e. The molecule has 0 radical (unpaired) electrons. The van der Waals surface area contributed by atoms with Gasteiger partial charge in [-0.05, 0) is 43.4 Å². The van der Waals surface area contributed by atoms with Crippen LogP contribution in [0.3, 0.4) is 0 Å². The maximum atomic E-state index is 13.3. The van der Waals surface area contributed by atoms with Gasteiger partial charge in [-0.25, -0.2) is 4.99 Å². The molecule has 0 fully saturated rings. The number of pyridine rings is 1. The van der Waals surface area contributed by atoms with Crippen molar-refractivity contribution in [1.82, 2.24) is 10.3 Å². The minimum Gasteiger partial charge on any atom is -0.308 e. The molecular formula is C25H24N6O. The molecule has 2 aliphatic rings. The van der Waals surface area contributed by atoms with Crippen LogP contribution in [0.15, 0.2) is 64.9 Å². The van der Waals surface area contributed by atoms with Crippen molar-refractivity contribution in [3.63, 3.8) is 0 Å². The van der Waals surface area contributed by atoms with E-state index >= 15 is 0 Å². The fraction of sp³-hybridized carbons (Fsp3) is 0.280. The first-order chi connectivity index (χ1) is 15.6. The van der Waals surface area contributed by atoms with Crippen molar-refractivity contribution in [3.8, 4) is 6.07 Å². The van der Waals surface area contributed by atoms with E-state index in [1.54, 1.807) is 12.3 Å². The molecule has 0 bridgehead atoms. The predicted molar refractivity (Wildman–Crippen MR) is 124 cm³/mol. The largest absolute Gasteiger partial charge is 0.308 e. The lowest BCUT2D eigenvalue weighted by Crippen LogP contribution is -2.43. The summed E-state index contributed by atoms with van der Waals surface area (Å²) in [5.74, 6) is 0.278. The second-order valence-electron chi connectivity index (χ2n) is 7.83. The zero-order valence-electron chi connectivity index (χ0n) is 17.9. The van der Waals surface area contributed by atoms with E-state index in [1.165, 1.54) is 11.8 Å². The number of hydrogen-bond acceptors (Lipinski definition) is 6. The van der Waals surface area contributed by atoms with Crippen LogP contribution in [0.2, 0.25) is 0 Å². The predicted octanol–water partition coefficient (Wildman–Crippen LogP) is 4.23. The van der Waals surface area contributed by atoms with Gasteiger partial charge >= 0.3 is 0 Å². The highest BCUT2D eigenvalue weighted by Gasteiger charge is 2.27. The number of carbonyl (C=O) groups is 1. The first kappa shape index (κ1) is 21.3. The van der Waals surface area contributed by atoms with Gasteiger partial charge in [0.05, 0.1) is 23.0 Å². The van der Waals surface area contributed by atoms with Crippen molar-refractivity contribution in [2.75, 3.05) is 0 Å². The van der Waals surface area contributed by atoms with Crippen LogP contribution < -0.4 is 5.32 Å². The maximum absolute atomic E-state index is 13.3. The van der Waals surface area contributed by atoms with E-state index in [-0.39, 0.29) is 17.3 Å². The number of aromatic nitrogens is 1. The van der Waals surface area contributed by atoms with Crippen LogP contribution in [-0.4, -0.2) is 28.2 Å². The Bertz CT molecular complexity index is 1190. The minimum absolute atomic E-state index is 0.0801. The van der Waals surface area contributed by atoms with Gasteiger partial charge in [0, 0.05) is 23.9 Å². The zero-order valence-corrected chi connectivity index (χ0v) is 17.9. The number of amidine groups is 1. The second-order valence-corrected chi connectivity index (χ2v) is 7.83. The number of hydrogen-bond donors (Lipinski definition) is 2. The third-order valence-corrected chi connectivity index (χ3v) is 5.76. The first-order valence-corrected chi connectivity index (χ1v) is 10.7. The normalized spacial score (nSPS) is 21.2. The number of benzene rings is 1. The number of nitrogens with one attached hydrogen (secondary N) is 2. The van der Waals surface area contributed by atoms with E-state index in [9.17, 15) is 10.1 Å². The van der Waals surface area contributed by atoms with E-state index in [2.05, 4.69) is 34.4 Å². The van der Waals surface area contributed by atoms with Crippen molar-refractivity contribution >= 4 is 28.9 Å². The maximum Gasteiger partial charge on any atom is 0.276 e. The fourth-order valence-corrected chi connectivity index (χ4v) is 3.98. The molecule has 2 aromatic rings. The Morgan fingerprint density at radius 2 is 2.16 bits per heavy atom. The molecule has 1 aromatic carbocycles. The second kappa shape index (κ2) is 9.48. The Morgan fingerprint density at radius 3 is 2.97 bits per heavy atom. The minimum atomic E-state index is -0.537. The number of fused-ring (bicyclic) bond motifs is 1. The van der Waals surface area contributed by atoms with Crippen LogP contribution in [0.1, 0.15) is 48.9 Å². The molecule has 7 heteroatoms. The van der Waals surface area contributed by atoms with Crippen molar-refractivity contribution in [3.05, 3.63) is 71.6 Å². The molecule has 1 aromatic heterocycles. The number of para-hydroxylation sites is 1.